The topological polar surface area (TPSA) is 72.6 Å². The van der Waals surface area contributed by atoms with Crippen LogP contribution in [0.4, 0.5) is 0 Å². The molecule has 0 fully saturated rings. The van der Waals surface area contributed by atoms with Gasteiger partial charge < -0.3 is 9.84 Å². The fourth-order valence-electron chi connectivity index (χ4n) is 3.74. The lowest BCUT2D eigenvalue weighted by molar-refractivity contribution is -0.428. The molecule has 1 heterocycles. The molecule has 1 aromatic rings. The van der Waals surface area contributed by atoms with E-state index in [4.69, 9.17) is 4.74 Å². The number of hydrogen-bond acceptors (Lipinski definition) is 4. The second-order valence-electron chi connectivity index (χ2n) is 7.68. The van der Waals surface area contributed by atoms with Gasteiger partial charge in [0.2, 0.25) is 5.70 Å². The summed E-state index contributed by atoms with van der Waals surface area (Å²) in [7, 11) is 0. The second-order valence-corrected chi connectivity index (χ2v) is 7.68. The highest BCUT2D eigenvalue weighted by Gasteiger charge is 2.34. The molecule has 0 amide bonds. The Labute approximate surface area is 156 Å². The van der Waals surface area contributed by atoms with Crippen LogP contribution in [-0.4, -0.2) is 15.6 Å². The maximum Gasteiger partial charge on any atom is 0.242 e. The average molecular weight is 361 g/mol. The van der Waals surface area contributed by atoms with E-state index >= 15 is 0 Å². The molecular formula is C21H31NO4. The summed E-state index contributed by atoms with van der Waals surface area (Å²) in [5, 5.41) is 21.3. The summed E-state index contributed by atoms with van der Waals surface area (Å²) in [5.74, 6) is 1.29. The number of unbranched alkanes of at least 4 members (excludes halogenated alkanes) is 1. The van der Waals surface area contributed by atoms with Gasteiger partial charge in [-0.1, -0.05) is 6.92 Å². The molecule has 0 bridgehead atoms. The van der Waals surface area contributed by atoms with Crippen molar-refractivity contribution in [2.75, 3.05) is 0 Å². The van der Waals surface area contributed by atoms with Gasteiger partial charge in [0.25, 0.3) is 0 Å². The molecule has 0 spiro atoms. The Morgan fingerprint density at radius 1 is 1.31 bits per heavy atom. The van der Waals surface area contributed by atoms with Crippen molar-refractivity contribution in [2.45, 2.75) is 85.2 Å². The number of rotatable bonds is 7. The van der Waals surface area contributed by atoms with Gasteiger partial charge in [0.15, 0.2) is 0 Å². The quantitative estimate of drug-likeness (QED) is 0.393. The van der Waals surface area contributed by atoms with Gasteiger partial charge in [0.05, 0.1) is 4.92 Å². The number of aromatic hydroxyl groups is 1. The maximum atomic E-state index is 11.0. The van der Waals surface area contributed by atoms with E-state index in [1.54, 1.807) is 6.08 Å². The van der Waals surface area contributed by atoms with Crippen LogP contribution in [0.1, 0.15) is 74.6 Å². The van der Waals surface area contributed by atoms with E-state index in [0.717, 1.165) is 60.1 Å². The summed E-state index contributed by atoms with van der Waals surface area (Å²) >= 11 is 0. The predicted molar refractivity (Wildman–Crippen MR) is 104 cm³/mol. The van der Waals surface area contributed by atoms with E-state index in [2.05, 4.69) is 6.92 Å². The molecule has 1 atom stereocenters. The molecule has 1 aliphatic rings. The minimum atomic E-state index is -0.264. The van der Waals surface area contributed by atoms with Crippen LogP contribution in [0.15, 0.2) is 11.8 Å². The number of hydrogen-bond donors (Lipinski definition) is 1. The minimum absolute atomic E-state index is 0.263. The van der Waals surface area contributed by atoms with Gasteiger partial charge >= 0.3 is 0 Å². The Bertz CT molecular complexity index is 723. The van der Waals surface area contributed by atoms with Crippen LogP contribution >= 0.6 is 0 Å². The molecule has 0 radical (unpaired) electrons. The van der Waals surface area contributed by atoms with Gasteiger partial charge in [-0.15, -0.1) is 0 Å². The number of benzene rings is 1. The number of phenolic OH excluding ortho intramolecular Hbond substituents is 1. The Morgan fingerprint density at radius 2 is 2.00 bits per heavy atom. The highest BCUT2D eigenvalue weighted by Crippen LogP contribution is 2.44. The highest BCUT2D eigenvalue weighted by molar-refractivity contribution is 5.58. The number of nitrogens with zero attached hydrogens (tertiary/aromatic N) is 1. The smallest absolute Gasteiger partial charge is 0.242 e. The third kappa shape index (κ3) is 4.19. The van der Waals surface area contributed by atoms with E-state index in [-0.39, 0.29) is 10.5 Å². The zero-order chi connectivity index (χ0) is 19.5. The van der Waals surface area contributed by atoms with Crippen LogP contribution in [0.25, 0.3) is 0 Å². The number of ether oxygens (including phenoxy) is 1. The van der Waals surface area contributed by atoms with Crippen LogP contribution in [-0.2, 0) is 6.42 Å². The van der Waals surface area contributed by atoms with Crippen LogP contribution < -0.4 is 4.74 Å². The number of allylic oxidation sites excluding steroid dienone is 2. The Morgan fingerprint density at radius 3 is 2.62 bits per heavy atom. The fraction of sp³-hybridized carbons (Fsp3) is 0.619. The molecule has 1 unspecified atom stereocenters. The molecule has 1 aliphatic heterocycles. The molecule has 0 aromatic heterocycles. The average Bonchev–Trinajstić information content (AvgIpc) is 2.60. The van der Waals surface area contributed by atoms with Crippen LogP contribution in [0.3, 0.4) is 0 Å². The van der Waals surface area contributed by atoms with Gasteiger partial charge in [-0.2, -0.15) is 0 Å². The van der Waals surface area contributed by atoms with E-state index in [0.29, 0.717) is 24.3 Å². The molecular weight excluding hydrogens is 330 g/mol. The summed E-state index contributed by atoms with van der Waals surface area (Å²) < 4.78 is 6.40. The number of fused-ring (bicyclic) bond motifs is 1. The predicted octanol–water partition coefficient (Wildman–Crippen LogP) is 5.53. The van der Waals surface area contributed by atoms with Crippen molar-refractivity contribution >= 4 is 0 Å². The molecule has 5 nitrogen and oxygen atoms in total. The number of nitro groups is 1. The summed E-state index contributed by atoms with van der Waals surface area (Å²) in [5.41, 5.74) is 3.98. The minimum Gasteiger partial charge on any atom is -0.507 e. The number of phenols is 1. The first-order valence-corrected chi connectivity index (χ1v) is 9.54. The molecule has 0 saturated heterocycles. The first-order valence-electron chi connectivity index (χ1n) is 9.54. The molecule has 0 saturated carbocycles. The Balaban J connectivity index is 2.07. The van der Waals surface area contributed by atoms with Crippen molar-refractivity contribution in [2.24, 2.45) is 0 Å². The zero-order valence-electron chi connectivity index (χ0n) is 16.6. The normalized spacial score (nSPS) is 19.8. The molecule has 1 aromatic carbocycles. The summed E-state index contributed by atoms with van der Waals surface area (Å²) in [6, 6.07) is 0. The molecule has 0 aliphatic carbocycles. The Kier molecular flexibility index (Phi) is 6.32. The van der Waals surface area contributed by atoms with Crippen LogP contribution in [0.5, 0.6) is 11.5 Å². The fourth-order valence-corrected chi connectivity index (χ4v) is 3.74. The molecule has 26 heavy (non-hydrogen) atoms. The van der Waals surface area contributed by atoms with Crippen LogP contribution in [0, 0.1) is 30.9 Å². The first-order chi connectivity index (χ1) is 12.2. The Hall–Kier alpha value is -2.04. The van der Waals surface area contributed by atoms with E-state index in [1.807, 2.05) is 27.7 Å². The summed E-state index contributed by atoms with van der Waals surface area (Å²) in [6.07, 6.45) is 7.28. The van der Waals surface area contributed by atoms with Gasteiger partial charge in [-0.3, -0.25) is 10.1 Å². The molecule has 5 heteroatoms. The lowest BCUT2D eigenvalue weighted by Crippen LogP contribution is -2.37. The van der Waals surface area contributed by atoms with E-state index in [1.165, 1.54) is 0 Å². The third-order valence-electron chi connectivity index (χ3n) is 5.62. The molecule has 144 valence electrons. The van der Waals surface area contributed by atoms with Gasteiger partial charge in [0.1, 0.15) is 17.1 Å². The van der Waals surface area contributed by atoms with E-state index < -0.39 is 0 Å². The largest absolute Gasteiger partial charge is 0.507 e. The van der Waals surface area contributed by atoms with Crippen molar-refractivity contribution in [3.05, 3.63) is 44.1 Å². The van der Waals surface area contributed by atoms with Crippen molar-refractivity contribution in [3.63, 3.8) is 0 Å². The lowest BCUT2D eigenvalue weighted by Gasteiger charge is -2.38. The SMILES string of the molecule is CCC/C(=C/CCCC1(C)CCc2c(C)c(O)c(C)c(C)c2O1)[N+](=O)[O-]. The summed E-state index contributed by atoms with van der Waals surface area (Å²) in [4.78, 5) is 10.7. The van der Waals surface area contributed by atoms with Crippen molar-refractivity contribution in [1.82, 2.24) is 0 Å². The van der Waals surface area contributed by atoms with Gasteiger partial charge in [0, 0.05) is 12.0 Å². The first kappa shape index (κ1) is 20.3. The standard InChI is InChI=1S/C21H31NO4/c1-6-9-17(22(24)25)10-7-8-12-21(5)13-11-18-16(4)19(23)14(2)15(3)20(18)26-21/h10,23H,6-9,11-13H2,1-5H3/b17-10-. The second kappa shape index (κ2) is 8.11. The molecule has 1 N–H and O–H groups in total. The highest BCUT2D eigenvalue weighted by atomic mass is 16.6. The lowest BCUT2D eigenvalue weighted by atomic mass is 9.84. The maximum absolute atomic E-state index is 11.0. The van der Waals surface area contributed by atoms with Crippen molar-refractivity contribution in [3.8, 4) is 11.5 Å². The molecule has 2 rings (SSSR count). The summed E-state index contributed by atoms with van der Waals surface area (Å²) in [6.45, 7) is 9.94. The monoisotopic (exact) mass is 361 g/mol. The van der Waals surface area contributed by atoms with Gasteiger partial charge in [-0.25, -0.2) is 0 Å². The van der Waals surface area contributed by atoms with E-state index in [9.17, 15) is 15.2 Å². The van der Waals surface area contributed by atoms with Crippen molar-refractivity contribution < 1.29 is 14.8 Å². The van der Waals surface area contributed by atoms with Crippen LogP contribution in [0.2, 0.25) is 0 Å². The van der Waals surface area contributed by atoms with Gasteiger partial charge in [-0.05, 0) is 89.0 Å². The van der Waals surface area contributed by atoms with Crippen molar-refractivity contribution in [1.29, 1.82) is 0 Å². The zero-order valence-corrected chi connectivity index (χ0v) is 16.6. The third-order valence-corrected chi connectivity index (χ3v) is 5.62.